The molecule has 0 unspecified atom stereocenters. The van der Waals surface area contributed by atoms with Crippen molar-refractivity contribution in [2.45, 2.75) is 18.9 Å². The summed E-state index contributed by atoms with van der Waals surface area (Å²) in [5.41, 5.74) is 4.89. The second-order valence-electron chi connectivity index (χ2n) is 3.90. The van der Waals surface area contributed by atoms with Crippen molar-refractivity contribution in [2.75, 3.05) is 0 Å². The maximum Gasteiger partial charge on any atom is 0.335 e. The van der Waals surface area contributed by atoms with Crippen molar-refractivity contribution in [3.05, 3.63) is 35.4 Å². The van der Waals surface area contributed by atoms with Crippen LogP contribution < -0.4 is 5.73 Å². The molecule has 1 aromatic rings. The standard InChI is InChI=1S/C11H13NO4.ClH/c1-11(12,10(15)16)6-7-3-2-4-8(5-7)9(13)14;/h2-5H,6,12H2,1H3,(H,13,14)(H,15,16);1H/t11-;/m0./s1. The second-order valence-corrected chi connectivity index (χ2v) is 3.90. The summed E-state index contributed by atoms with van der Waals surface area (Å²) in [5, 5.41) is 17.6. The first-order chi connectivity index (χ1) is 7.33. The van der Waals surface area contributed by atoms with E-state index in [2.05, 4.69) is 0 Å². The number of carboxylic acids is 2. The Morgan fingerprint density at radius 1 is 1.35 bits per heavy atom. The molecular weight excluding hydrogens is 246 g/mol. The van der Waals surface area contributed by atoms with E-state index in [1.807, 2.05) is 0 Å². The van der Waals surface area contributed by atoms with Crippen LogP contribution in [0.1, 0.15) is 22.8 Å². The zero-order valence-corrected chi connectivity index (χ0v) is 10.0. The van der Waals surface area contributed by atoms with E-state index >= 15 is 0 Å². The molecule has 0 heterocycles. The normalized spacial score (nSPS) is 13.3. The molecule has 0 fully saturated rings. The van der Waals surface area contributed by atoms with Crippen molar-refractivity contribution < 1.29 is 19.8 Å². The molecule has 0 aliphatic heterocycles. The lowest BCUT2D eigenvalue weighted by Gasteiger charge is -2.19. The summed E-state index contributed by atoms with van der Waals surface area (Å²) < 4.78 is 0. The number of aliphatic carboxylic acids is 1. The third-order valence-corrected chi connectivity index (χ3v) is 2.23. The minimum Gasteiger partial charge on any atom is -0.480 e. The van der Waals surface area contributed by atoms with Gasteiger partial charge in [-0.2, -0.15) is 0 Å². The summed E-state index contributed by atoms with van der Waals surface area (Å²) in [6, 6.07) is 6.09. The molecule has 0 bridgehead atoms. The first kappa shape index (κ1) is 15.4. The number of aromatic carboxylic acids is 1. The molecule has 1 atom stereocenters. The maximum absolute atomic E-state index is 10.8. The summed E-state index contributed by atoms with van der Waals surface area (Å²) in [5.74, 6) is -2.16. The molecule has 0 aliphatic rings. The molecule has 5 nitrogen and oxygen atoms in total. The van der Waals surface area contributed by atoms with E-state index in [1.165, 1.54) is 19.1 Å². The first-order valence-corrected chi connectivity index (χ1v) is 4.67. The van der Waals surface area contributed by atoms with Crippen LogP contribution >= 0.6 is 12.4 Å². The minimum absolute atomic E-state index is 0. The van der Waals surface area contributed by atoms with Crippen molar-refractivity contribution >= 4 is 24.3 Å². The molecule has 0 aliphatic carbocycles. The Balaban J connectivity index is 0.00000256. The lowest BCUT2D eigenvalue weighted by Crippen LogP contribution is -2.46. The minimum atomic E-state index is -1.39. The quantitative estimate of drug-likeness (QED) is 0.753. The molecule has 0 radical (unpaired) electrons. The zero-order valence-electron chi connectivity index (χ0n) is 9.21. The molecule has 6 heteroatoms. The van der Waals surface area contributed by atoms with E-state index in [0.717, 1.165) is 0 Å². The Morgan fingerprint density at radius 2 is 1.94 bits per heavy atom. The van der Waals surface area contributed by atoms with E-state index in [4.69, 9.17) is 15.9 Å². The fourth-order valence-electron chi connectivity index (χ4n) is 1.31. The van der Waals surface area contributed by atoms with Gasteiger partial charge >= 0.3 is 11.9 Å². The molecule has 0 aromatic heterocycles. The Hall–Kier alpha value is -1.59. The fraction of sp³-hybridized carbons (Fsp3) is 0.273. The van der Waals surface area contributed by atoms with E-state index < -0.39 is 17.5 Å². The highest BCUT2D eigenvalue weighted by Gasteiger charge is 2.28. The molecule has 0 spiro atoms. The summed E-state index contributed by atoms with van der Waals surface area (Å²) in [6.07, 6.45) is 0.0868. The van der Waals surface area contributed by atoms with E-state index in [1.54, 1.807) is 12.1 Å². The predicted octanol–water partition coefficient (Wildman–Crippen LogP) is 1.15. The smallest absolute Gasteiger partial charge is 0.335 e. The summed E-state index contributed by atoms with van der Waals surface area (Å²) in [7, 11) is 0. The van der Waals surface area contributed by atoms with Gasteiger partial charge in [0.15, 0.2) is 0 Å². The Labute approximate surface area is 105 Å². The van der Waals surface area contributed by atoms with Crippen LogP contribution in [0, 0.1) is 0 Å². The molecule has 1 rings (SSSR count). The van der Waals surface area contributed by atoms with Gasteiger partial charge in [0.05, 0.1) is 5.56 Å². The maximum atomic E-state index is 10.8. The highest BCUT2D eigenvalue weighted by atomic mass is 35.5. The highest BCUT2D eigenvalue weighted by molar-refractivity contribution is 5.87. The number of hydrogen-bond acceptors (Lipinski definition) is 3. The van der Waals surface area contributed by atoms with Crippen LogP contribution in [0.25, 0.3) is 0 Å². The third kappa shape index (κ3) is 4.05. The summed E-state index contributed by atoms with van der Waals surface area (Å²) in [4.78, 5) is 21.5. The number of rotatable bonds is 4. The van der Waals surface area contributed by atoms with Crippen molar-refractivity contribution in [1.82, 2.24) is 0 Å². The van der Waals surface area contributed by atoms with Gasteiger partial charge in [0.1, 0.15) is 5.54 Å². The number of halogens is 1. The van der Waals surface area contributed by atoms with Gasteiger partial charge in [-0.25, -0.2) is 4.79 Å². The third-order valence-electron chi connectivity index (χ3n) is 2.23. The molecule has 4 N–H and O–H groups in total. The molecule has 94 valence electrons. The monoisotopic (exact) mass is 259 g/mol. The van der Waals surface area contributed by atoms with E-state index in [0.29, 0.717) is 5.56 Å². The van der Waals surface area contributed by atoms with Crippen molar-refractivity contribution in [1.29, 1.82) is 0 Å². The van der Waals surface area contributed by atoms with Crippen LogP contribution in [0.5, 0.6) is 0 Å². The van der Waals surface area contributed by atoms with Crippen molar-refractivity contribution in [3.63, 3.8) is 0 Å². The van der Waals surface area contributed by atoms with Crippen molar-refractivity contribution in [2.24, 2.45) is 5.73 Å². The fourth-order valence-corrected chi connectivity index (χ4v) is 1.31. The largest absolute Gasteiger partial charge is 0.480 e. The molecule has 0 saturated carbocycles. The van der Waals surface area contributed by atoms with Gasteiger partial charge in [0, 0.05) is 6.42 Å². The first-order valence-electron chi connectivity index (χ1n) is 4.67. The number of carbonyl (C=O) groups is 2. The van der Waals surface area contributed by atoms with Crippen LogP contribution in [-0.2, 0) is 11.2 Å². The van der Waals surface area contributed by atoms with Crippen molar-refractivity contribution in [3.8, 4) is 0 Å². The van der Waals surface area contributed by atoms with Crippen LogP contribution in [-0.4, -0.2) is 27.7 Å². The van der Waals surface area contributed by atoms with Gasteiger partial charge < -0.3 is 15.9 Å². The number of benzene rings is 1. The Morgan fingerprint density at radius 3 is 2.41 bits per heavy atom. The summed E-state index contributed by atoms with van der Waals surface area (Å²) >= 11 is 0. The van der Waals surface area contributed by atoms with E-state index in [-0.39, 0.29) is 24.4 Å². The van der Waals surface area contributed by atoms with Gasteiger partial charge in [0.25, 0.3) is 0 Å². The Kier molecular flexibility index (Phi) is 5.12. The molecule has 0 saturated heterocycles. The average Bonchev–Trinajstić information content (AvgIpc) is 2.17. The molecular formula is C11H14ClNO4. The number of nitrogens with two attached hydrogens (primary N) is 1. The van der Waals surface area contributed by atoms with Crippen LogP contribution in [0.4, 0.5) is 0 Å². The van der Waals surface area contributed by atoms with Gasteiger partial charge in [-0.1, -0.05) is 12.1 Å². The number of hydrogen-bond donors (Lipinski definition) is 3. The van der Waals surface area contributed by atoms with Gasteiger partial charge in [-0.05, 0) is 24.6 Å². The van der Waals surface area contributed by atoms with Gasteiger partial charge in [-0.15, -0.1) is 12.4 Å². The average molecular weight is 260 g/mol. The zero-order chi connectivity index (χ0) is 12.3. The number of carboxylic acid groups (broad SMARTS) is 2. The lowest BCUT2D eigenvalue weighted by atomic mass is 9.93. The van der Waals surface area contributed by atoms with E-state index in [9.17, 15) is 9.59 Å². The highest BCUT2D eigenvalue weighted by Crippen LogP contribution is 2.13. The lowest BCUT2D eigenvalue weighted by molar-refractivity contribution is -0.142. The molecule has 0 amide bonds. The predicted molar refractivity (Wildman–Crippen MR) is 64.6 cm³/mol. The Bertz CT molecular complexity index is 431. The topological polar surface area (TPSA) is 101 Å². The SMILES string of the molecule is C[C@](N)(Cc1cccc(C(=O)O)c1)C(=O)O.Cl. The second kappa shape index (κ2) is 5.65. The molecule has 17 heavy (non-hydrogen) atoms. The molecule has 1 aromatic carbocycles. The van der Waals surface area contributed by atoms with Crippen LogP contribution in [0.2, 0.25) is 0 Å². The van der Waals surface area contributed by atoms with Gasteiger partial charge in [-0.3, -0.25) is 4.79 Å². The van der Waals surface area contributed by atoms with Crippen LogP contribution in [0.3, 0.4) is 0 Å². The van der Waals surface area contributed by atoms with Crippen LogP contribution in [0.15, 0.2) is 24.3 Å². The van der Waals surface area contributed by atoms with Gasteiger partial charge in [0.2, 0.25) is 0 Å². The summed E-state index contributed by atoms with van der Waals surface area (Å²) in [6.45, 7) is 1.39.